The second-order valence-electron chi connectivity index (χ2n) is 2.22. The molecule has 0 radical (unpaired) electrons. The molecule has 0 aliphatic rings. The summed E-state index contributed by atoms with van der Waals surface area (Å²) in [5, 5.41) is 8.21. The summed E-state index contributed by atoms with van der Waals surface area (Å²) in [4.78, 5) is 0.125. The Bertz CT molecular complexity index is 386. The van der Waals surface area contributed by atoms with Gasteiger partial charge in [0.1, 0.15) is 5.75 Å². The van der Waals surface area contributed by atoms with Crippen molar-refractivity contribution in [3.63, 3.8) is 0 Å². The Hall–Kier alpha value is -1.28. The summed E-state index contributed by atoms with van der Waals surface area (Å²) in [7, 11) is -1.57. The lowest BCUT2D eigenvalue weighted by molar-refractivity contribution is 0.505. The van der Waals surface area contributed by atoms with Crippen molar-refractivity contribution in [2.75, 3.05) is 5.75 Å². The van der Waals surface area contributed by atoms with Crippen LogP contribution in [0.25, 0.3) is 0 Å². The Labute approximate surface area is 76.3 Å². The summed E-state index contributed by atoms with van der Waals surface area (Å²) in [5.41, 5.74) is 0. The van der Waals surface area contributed by atoms with Crippen molar-refractivity contribution in [1.29, 1.82) is 5.26 Å². The first-order chi connectivity index (χ1) is 6.15. The molecule has 1 rings (SSSR count). The van der Waals surface area contributed by atoms with Crippen molar-refractivity contribution in [3.8, 4) is 6.07 Å². The van der Waals surface area contributed by atoms with Crippen LogP contribution in [0.2, 0.25) is 0 Å². The van der Waals surface area contributed by atoms with Gasteiger partial charge in [-0.25, -0.2) is 8.78 Å². The highest BCUT2D eigenvalue weighted by Crippen LogP contribution is 2.11. The molecule has 0 heterocycles. The van der Waals surface area contributed by atoms with Crippen molar-refractivity contribution >= 4 is 10.8 Å². The van der Waals surface area contributed by atoms with E-state index in [0.29, 0.717) is 0 Å². The molecule has 0 spiro atoms. The Kier molecular flexibility index (Phi) is 3.09. The molecule has 13 heavy (non-hydrogen) atoms. The first-order valence-corrected chi connectivity index (χ1v) is 4.67. The number of halogens is 2. The fraction of sp³-hybridized carbons (Fsp3) is 0.125. The molecule has 0 saturated heterocycles. The molecular weight excluding hydrogens is 196 g/mol. The van der Waals surface area contributed by atoms with Gasteiger partial charge in [0, 0.05) is 4.90 Å². The Morgan fingerprint density at radius 1 is 1.38 bits per heavy atom. The highest BCUT2D eigenvalue weighted by Gasteiger charge is 2.07. The smallest absolute Gasteiger partial charge is 0.160 e. The average Bonchev–Trinajstić information content (AvgIpc) is 2.10. The molecule has 1 atom stereocenters. The van der Waals surface area contributed by atoms with E-state index < -0.39 is 22.4 Å². The van der Waals surface area contributed by atoms with Gasteiger partial charge in [0.2, 0.25) is 0 Å². The van der Waals surface area contributed by atoms with Crippen LogP contribution in [0, 0.1) is 23.0 Å². The van der Waals surface area contributed by atoms with Crippen molar-refractivity contribution in [1.82, 2.24) is 0 Å². The van der Waals surface area contributed by atoms with Gasteiger partial charge < -0.3 is 0 Å². The van der Waals surface area contributed by atoms with Gasteiger partial charge >= 0.3 is 0 Å². The summed E-state index contributed by atoms with van der Waals surface area (Å²) in [6.45, 7) is 0. The van der Waals surface area contributed by atoms with E-state index in [2.05, 4.69) is 0 Å². The molecule has 0 saturated carbocycles. The van der Waals surface area contributed by atoms with Crippen molar-refractivity contribution in [2.24, 2.45) is 0 Å². The van der Waals surface area contributed by atoms with Gasteiger partial charge in [0.15, 0.2) is 11.6 Å². The van der Waals surface area contributed by atoms with Gasteiger partial charge in [-0.05, 0) is 18.2 Å². The van der Waals surface area contributed by atoms with Crippen LogP contribution in [-0.4, -0.2) is 9.96 Å². The molecule has 0 amide bonds. The quantitative estimate of drug-likeness (QED) is 0.729. The van der Waals surface area contributed by atoms with Gasteiger partial charge in [-0.2, -0.15) is 5.26 Å². The maximum absolute atomic E-state index is 12.6. The Morgan fingerprint density at radius 3 is 2.62 bits per heavy atom. The summed E-state index contributed by atoms with van der Waals surface area (Å²) in [5.74, 6) is -2.26. The SMILES string of the molecule is N#CCS(=O)c1ccc(F)c(F)c1. The predicted molar refractivity (Wildman–Crippen MR) is 43.2 cm³/mol. The molecule has 0 aliphatic heterocycles. The van der Waals surface area contributed by atoms with Crippen LogP contribution in [0.1, 0.15) is 0 Å². The Morgan fingerprint density at radius 2 is 2.08 bits per heavy atom. The first kappa shape index (κ1) is 9.81. The van der Waals surface area contributed by atoms with Crippen LogP contribution >= 0.6 is 0 Å². The third-order valence-electron chi connectivity index (χ3n) is 1.35. The molecule has 0 aromatic heterocycles. The number of hydrogen-bond donors (Lipinski definition) is 0. The maximum atomic E-state index is 12.6. The second-order valence-corrected chi connectivity index (χ2v) is 3.68. The van der Waals surface area contributed by atoms with Crippen LogP contribution in [0.15, 0.2) is 23.1 Å². The van der Waals surface area contributed by atoms with Gasteiger partial charge in [0.25, 0.3) is 0 Å². The molecule has 5 heteroatoms. The monoisotopic (exact) mass is 201 g/mol. The van der Waals surface area contributed by atoms with Gasteiger partial charge in [-0.3, -0.25) is 4.21 Å². The van der Waals surface area contributed by atoms with Gasteiger partial charge in [-0.1, -0.05) is 0 Å². The van der Waals surface area contributed by atoms with Crippen LogP contribution in [0.5, 0.6) is 0 Å². The number of hydrogen-bond acceptors (Lipinski definition) is 2. The fourth-order valence-electron chi connectivity index (χ4n) is 0.760. The van der Waals surface area contributed by atoms with Crippen molar-refractivity contribution in [2.45, 2.75) is 4.90 Å². The van der Waals surface area contributed by atoms with E-state index in [1.165, 1.54) is 6.07 Å². The molecule has 0 aliphatic carbocycles. The number of nitrogens with zero attached hydrogens (tertiary/aromatic N) is 1. The third-order valence-corrected chi connectivity index (χ3v) is 2.52. The minimum Gasteiger partial charge on any atom is -0.253 e. The lowest BCUT2D eigenvalue weighted by Gasteiger charge is -1.97. The number of rotatable bonds is 2. The second kappa shape index (κ2) is 4.10. The molecule has 1 aromatic rings. The molecule has 0 N–H and O–H groups in total. The number of nitriles is 1. The molecule has 2 nitrogen and oxygen atoms in total. The van der Waals surface area contributed by atoms with E-state index in [4.69, 9.17) is 5.26 Å². The molecule has 0 bridgehead atoms. The first-order valence-electron chi connectivity index (χ1n) is 3.35. The summed E-state index contributed by atoms with van der Waals surface area (Å²) < 4.78 is 36.1. The highest BCUT2D eigenvalue weighted by molar-refractivity contribution is 7.85. The van der Waals surface area contributed by atoms with E-state index in [1.54, 1.807) is 6.07 Å². The van der Waals surface area contributed by atoms with Crippen LogP contribution in [0.4, 0.5) is 8.78 Å². The Balaban J connectivity index is 2.98. The minimum absolute atomic E-state index is 0.125. The zero-order valence-electron chi connectivity index (χ0n) is 6.46. The molecular formula is C8H5F2NOS. The van der Waals surface area contributed by atoms with Crippen molar-refractivity contribution < 1.29 is 13.0 Å². The van der Waals surface area contributed by atoms with Gasteiger partial charge in [0.05, 0.1) is 16.9 Å². The number of benzene rings is 1. The summed E-state index contributed by atoms with van der Waals surface area (Å²) in [6.07, 6.45) is 0. The molecule has 68 valence electrons. The topological polar surface area (TPSA) is 40.9 Å². The van der Waals surface area contributed by atoms with E-state index in [-0.39, 0.29) is 10.6 Å². The largest absolute Gasteiger partial charge is 0.253 e. The minimum atomic E-state index is -1.57. The zero-order chi connectivity index (χ0) is 9.84. The highest BCUT2D eigenvalue weighted by atomic mass is 32.2. The van der Waals surface area contributed by atoms with Crippen molar-refractivity contribution in [3.05, 3.63) is 29.8 Å². The third kappa shape index (κ3) is 2.33. The normalized spacial score (nSPS) is 12.1. The fourth-order valence-corrected chi connectivity index (χ4v) is 1.50. The molecule has 0 fully saturated rings. The van der Waals surface area contributed by atoms with E-state index in [1.807, 2.05) is 0 Å². The predicted octanol–water partition coefficient (Wildman–Crippen LogP) is 1.60. The lowest BCUT2D eigenvalue weighted by Crippen LogP contribution is -1.97. The average molecular weight is 201 g/mol. The molecule has 1 unspecified atom stereocenters. The van der Waals surface area contributed by atoms with Crippen LogP contribution < -0.4 is 0 Å². The van der Waals surface area contributed by atoms with Crippen LogP contribution in [-0.2, 0) is 10.8 Å². The maximum Gasteiger partial charge on any atom is 0.160 e. The molecule has 1 aromatic carbocycles. The van der Waals surface area contributed by atoms with E-state index in [0.717, 1.165) is 12.1 Å². The standard InChI is InChI=1S/C8H5F2NOS/c9-7-2-1-6(5-8(7)10)13(12)4-3-11/h1-2,5H,4H2. The van der Waals surface area contributed by atoms with Crippen LogP contribution in [0.3, 0.4) is 0 Å². The van der Waals surface area contributed by atoms with Gasteiger partial charge in [-0.15, -0.1) is 0 Å². The summed E-state index contributed by atoms with van der Waals surface area (Å²) >= 11 is 0. The van der Waals surface area contributed by atoms with E-state index >= 15 is 0 Å². The summed E-state index contributed by atoms with van der Waals surface area (Å²) in [6, 6.07) is 4.61. The lowest BCUT2D eigenvalue weighted by atomic mass is 10.3. The van der Waals surface area contributed by atoms with E-state index in [9.17, 15) is 13.0 Å². The zero-order valence-corrected chi connectivity index (χ0v) is 7.28.